The van der Waals surface area contributed by atoms with Crippen LogP contribution in [0.4, 0.5) is 27.8 Å². The van der Waals surface area contributed by atoms with E-state index in [1.165, 1.54) is 6.20 Å². The van der Waals surface area contributed by atoms with Crippen LogP contribution in [-0.2, 0) is 4.74 Å². The van der Waals surface area contributed by atoms with Gasteiger partial charge in [-0.05, 0) is 6.92 Å². The first-order valence-electron chi connectivity index (χ1n) is 8.17. The number of hydrogen-bond donors (Lipinski definition) is 3. The van der Waals surface area contributed by atoms with Crippen molar-refractivity contribution in [2.24, 2.45) is 5.73 Å². The first-order valence-corrected chi connectivity index (χ1v) is 8.98. The number of anilines is 4. The SMILES string of the molecule is CCOC(=O)N1CCN(c2nc(N)nc(Nc3ncc(C(N)=O)s3)n2)CC1. The molecule has 13 heteroatoms. The number of hydrogen-bond acceptors (Lipinski definition) is 11. The van der Waals surface area contributed by atoms with Crippen molar-refractivity contribution in [3.63, 3.8) is 0 Å². The number of carbonyl (C=O) groups is 2. The van der Waals surface area contributed by atoms with Gasteiger partial charge in [0.2, 0.25) is 17.8 Å². The van der Waals surface area contributed by atoms with Gasteiger partial charge < -0.3 is 26.0 Å². The Morgan fingerprint density at radius 1 is 1.26 bits per heavy atom. The van der Waals surface area contributed by atoms with Gasteiger partial charge in [-0.15, -0.1) is 0 Å². The lowest BCUT2D eigenvalue weighted by atomic mass is 10.3. The smallest absolute Gasteiger partial charge is 0.409 e. The fourth-order valence-electron chi connectivity index (χ4n) is 2.42. The lowest BCUT2D eigenvalue weighted by Crippen LogP contribution is -2.49. The molecule has 27 heavy (non-hydrogen) atoms. The Labute approximate surface area is 158 Å². The third-order valence-electron chi connectivity index (χ3n) is 3.70. The molecule has 0 saturated carbocycles. The molecule has 1 fully saturated rings. The summed E-state index contributed by atoms with van der Waals surface area (Å²) in [5.74, 6) is 0.0776. The lowest BCUT2D eigenvalue weighted by Gasteiger charge is -2.34. The highest BCUT2D eigenvalue weighted by atomic mass is 32.1. The van der Waals surface area contributed by atoms with Gasteiger partial charge in [0.15, 0.2) is 5.13 Å². The third-order valence-corrected chi connectivity index (χ3v) is 4.62. The quantitative estimate of drug-likeness (QED) is 0.631. The molecule has 2 aromatic heterocycles. The fourth-order valence-corrected chi connectivity index (χ4v) is 3.09. The molecule has 1 aliphatic rings. The highest BCUT2D eigenvalue weighted by Crippen LogP contribution is 2.22. The fraction of sp³-hybridized carbons (Fsp3) is 0.429. The molecule has 0 spiro atoms. The Balaban J connectivity index is 1.68. The standard InChI is InChI=1S/C14H19N9O3S/c1-2-26-14(25)23-5-3-22(4-6-23)12-19-10(16)18-11(20-12)21-13-17-7-8(27-13)9(15)24/h7H,2-6H2,1H3,(H2,15,24)(H3,16,17,18,19,20,21). The van der Waals surface area contributed by atoms with Gasteiger partial charge in [0.1, 0.15) is 4.88 Å². The summed E-state index contributed by atoms with van der Waals surface area (Å²) in [5, 5.41) is 3.30. The first-order chi connectivity index (χ1) is 13.0. The maximum absolute atomic E-state index is 11.8. The highest BCUT2D eigenvalue weighted by Gasteiger charge is 2.24. The van der Waals surface area contributed by atoms with E-state index >= 15 is 0 Å². The molecule has 3 rings (SSSR count). The molecular weight excluding hydrogens is 374 g/mol. The van der Waals surface area contributed by atoms with Crippen LogP contribution >= 0.6 is 11.3 Å². The number of nitrogens with one attached hydrogen (secondary N) is 1. The summed E-state index contributed by atoms with van der Waals surface area (Å²) in [6, 6.07) is 0. The van der Waals surface area contributed by atoms with Crippen molar-refractivity contribution < 1.29 is 14.3 Å². The minimum atomic E-state index is -0.559. The molecule has 0 atom stereocenters. The second-order valence-corrected chi connectivity index (χ2v) is 6.54. The van der Waals surface area contributed by atoms with E-state index in [9.17, 15) is 9.59 Å². The average Bonchev–Trinajstić information content (AvgIpc) is 3.10. The Bertz CT molecular complexity index is 835. The van der Waals surface area contributed by atoms with Gasteiger partial charge in [-0.2, -0.15) is 15.0 Å². The number of ether oxygens (including phenoxy) is 1. The topological polar surface area (TPSA) is 165 Å². The number of amides is 2. The Hall–Kier alpha value is -3.22. The molecular formula is C14H19N9O3S. The van der Waals surface area contributed by atoms with Crippen LogP contribution in [0.2, 0.25) is 0 Å². The number of thiazole rings is 1. The van der Waals surface area contributed by atoms with Crippen LogP contribution < -0.4 is 21.7 Å². The number of piperazine rings is 1. The van der Waals surface area contributed by atoms with Gasteiger partial charge in [-0.1, -0.05) is 11.3 Å². The van der Waals surface area contributed by atoms with Gasteiger partial charge in [0.25, 0.3) is 5.91 Å². The molecule has 144 valence electrons. The molecule has 2 amide bonds. The molecule has 0 aliphatic carbocycles. The lowest BCUT2D eigenvalue weighted by molar-refractivity contribution is 0.100. The van der Waals surface area contributed by atoms with Crippen molar-refractivity contribution in [2.75, 3.05) is 48.7 Å². The molecule has 0 aromatic carbocycles. The summed E-state index contributed by atoms with van der Waals surface area (Å²) in [5.41, 5.74) is 11.0. The number of carbonyl (C=O) groups excluding carboxylic acids is 2. The van der Waals surface area contributed by atoms with Crippen LogP contribution in [0.25, 0.3) is 0 Å². The molecule has 1 aliphatic heterocycles. The summed E-state index contributed by atoms with van der Waals surface area (Å²) >= 11 is 1.08. The van der Waals surface area contributed by atoms with E-state index in [1.54, 1.807) is 11.8 Å². The van der Waals surface area contributed by atoms with Crippen molar-refractivity contribution in [3.05, 3.63) is 11.1 Å². The van der Waals surface area contributed by atoms with Crippen LogP contribution in [0.5, 0.6) is 0 Å². The molecule has 0 radical (unpaired) electrons. The summed E-state index contributed by atoms with van der Waals surface area (Å²) in [6.45, 7) is 4.15. The number of rotatable bonds is 5. The average molecular weight is 393 g/mol. The summed E-state index contributed by atoms with van der Waals surface area (Å²) < 4.78 is 5.00. The highest BCUT2D eigenvalue weighted by molar-refractivity contribution is 7.17. The third kappa shape index (κ3) is 4.49. The van der Waals surface area contributed by atoms with Crippen LogP contribution in [0, 0.1) is 0 Å². The Morgan fingerprint density at radius 2 is 2.00 bits per heavy atom. The number of aromatic nitrogens is 4. The maximum atomic E-state index is 11.8. The van der Waals surface area contributed by atoms with Gasteiger partial charge in [0.05, 0.1) is 12.8 Å². The number of nitrogens with zero attached hydrogens (tertiary/aromatic N) is 6. The van der Waals surface area contributed by atoms with E-state index in [2.05, 4.69) is 25.3 Å². The summed E-state index contributed by atoms with van der Waals surface area (Å²) in [4.78, 5) is 43.3. The molecule has 3 heterocycles. The molecule has 1 saturated heterocycles. The predicted molar refractivity (Wildman–Crippen MR) is 99.0 cm³/mol. The number of nitrogen functional groups attached to an aromatic ring is 1. The zero-order valence-electron chi connectivity index (χ0n) is 14.6. The van der Waals surface area contributed by atoms with E-state index in [1.807, 2.05) is 4.90 Å². The molecule has 12 nitrogen and oxygen atoms in total. The van der Waals surface area contributed by atoms with E-state index < -0.39 is 5.91 Å². The number of primary amides is 1. The largest absolute Gasteiger partial charge is 0.450 e. The summed E-state index contributed by atoms with van der Waals surface area (Å²) in [6.07, 6.45) is 1.04. The second-order valence-electron chi connectivity index (χ2n) is 5.51. The normalized spacial score (nSPS) is 14.1. The van der Waals surface area contributed by atoms with Gasteiger partial charge in [-0.25, -0.2) is 9.78 Å². The minimum absolute atomic E-state index is 0.0435. The van der Waals surface area contributed by atoms with Crippen molar-refractivity contribution in [3.8, 4) is 0 Å². The van der Waals surface area contributed by atoms with E-state index in [-0.39, 0.29) is 18.0 Å². The molecule has 0 unspecified atom stereocenters. The van der Waals surface area contributed by atoms with Crippen molar-refractivity contribution in [2.45, 2.75) is 6.92 Å². The second kappa shape index (κ2) is 7.99. The Kier molecular flexibility index (Phi) is 5.49. The first kappa shape index (κ1) is 18.6. The van der Waals surface area contributed by atoms with Crippen LogP contribution in [-0.4, -0.2) is 69.6 Å². The van der Waals surface area contributed by atoms with E-state index in [0.717, 1.165) is 11.3 Å². The number of nitrogens with two attached hydrogens (primary N) is 2. The van der Waals surface area contributed by atoms with Gasteiger partial charge in [-0.3, -0.25) is 10.1 Å². The Morgan fingerprint density at radius 3 is 2.63 bits per heavy atom. The monoisotopic (exact) mass is 393 g/mol. The van der Waals surface area contributed by atoms with Crippen LogP contribution in [0.15, 0.2) is 6.20 Å². The molecule has 2 aromatic rings. The minimum Gasteiger partial charge on any atom is -0.450 e. The molecule has 5 N–H and O–H groups in total. The van der Waals surface area contributed by atoms with Crippen molar-refractivity contribution in [1.29, 1.82) is 0 Å². The predicted octanol–water partition coefficient (Wildman–Crippen LogP) is 0.0313. The summed E-state index contributed by atoms with van der Waals surface area (Å²) in [7, 11) is 0. The zero-order valence-corrected chi connectivity index (χ0v) is 15.4. The molecule has 0 bridgehead atoms. The van der Waals surface area contributed by atoms with Gasteiger partial charge >= 0.3 is 6.09 Å². The van der Waals surface area contributed by atoms with Crippen molar-refractivity contribution in [1.82, 2.24) is 24.8 Å². The van der Waals surface area contributed by atoms with Crippen LogP contribution in [0.1, 0.15) is 16.6 Å². The zero-order chi connectivity index (χ0) is 19.4. The van der Waals surface area contributed by atoms with Crippen molar-refractivity contribution >= 4 is 46.3 Å². The van der Waals surface area contributed by atoms with Crippen LogP contribution in [0.3, 0.4) is 0 Å². The van der Waals surface area contributed by atoms with E-state index in [4.69, 9.17) is 16.2 Å². The maximum Gasteiger partial charge on any atom is 0.409 e. The van der Waals surface area contributed by atoms with Gasteiger partial charge in [0, 0.05) is 26.2 Å². The van der Waals surface area contributed by atoms with E-state index in [0.29, 0.717) is 48.7 Å².